The van der Waals surface area contributed by atoms with Crippen molar-refractivity contribution >= 4 is 67.2 Å². The molecule has 0 radical (unpaired) electrons. The summed E-state index contributed by atoms with van der Waals surface area (Å²) in [6, 6.07) is 10.7. The minimum absolute atomic E-state index is 0.0203. The molecule has 2 heterocycles. The van der Waals surface area contributed by atoms with Gasteiger partial charge in [-0.05, 0) is 48.8 Å². The highest BCUT2D eigenvalue weighted by Crippen LogP contribution is 2.34. The lowest BCUT2D eigenvalue weighted by atomic mass is 10.1. The predicted molar refractivity (Wildman–Crippen MR) is 130 cm³/mol. The summed E-state index contributed by atoms with van der Waals surface area (Å²) in [7, 11) is 0. The fourth-order valence-corrected chi connectivity index (χ4v) is 5.22. The Morgan fingerprint density at radius 1 is 1.12 bits per heavy atom. The lowest BCUT2D eigenvalue weighted by Gasteiger charge is -2.18. The fraction of sp³-hybridized carbons (Fsp3) is 0.167. The van der Waals surface area contributed by atoms with Gasteiger partial charge in [0.15, 0.2) is 5.13 Å². The monoisotopic (exact) mass is 499 g/mol. The van der Waals surface area contributed by atoms with E-state index >= 15 is 0 Å². The van der Waals surface area contributed by atoms with E-state index in [4.69, 9.17) is 5.11 Å². The zero-order valence-corrected chi connectivity index (χ0v) is 19.6. The summed E-state index contributed by atoms with van der Waals surface area (Å²) < 4.78 is 28.7. The molecule has 0 aliphatic carbocycles. The van der Waals surface area contributed by atoms with Crippen LogP contribution < -0.4 is 4.90 Å². The van der Waals surface area contributed by atoms with Crippen LogP contribution in [0.5, 0.6) is 0 Å². The van der Waals surface area contributed by atoms with Crippen molar-refractivity contribution in [3.05, 3.63) is 70.2 Å². The van der Waals surface area contributed by atoms with Gasteiger partial charge in [-0.25, -0.2) is 18.7 Å². The van der Waals surface area contributed by atoms with Gasteiger partial charge in [-0.1, -0.05) is 12.1 Å². The number of aliphatic carboxylic acids is 1. The number of fused-ring (bicyclic) bond motifs is 1. The molecule has 0 aliphatic rings. The number of nitrogens with zero attached hydrogens (tertiary/aromatic N) is 3. The first-order valence-corrected chi connectivity index (χ1v) is 12.0. The van der Waals surface area contributed by atoms with Gasteiger partial charge in [-0.2, -0.15) is 0 Å². The summed E-state index contributed by atoms with van der Waals surface area (Å²) >= 11 is 2.64. The molecule has 0 saturated heterocycles. The number of hydrogen-bond donors (Lipinski definition) is 1. The van der Waals surface area contributed by atoms with Crippen LogP contribution in [-0.4, -0.2) is 27.0 Å². The van der Waals surface area contributed by atoms with Crippen LogP contribution in [0.4, 0.5) is 19.6 Å². The molecule has 4 rings (SSSR count). The number of carboxylic acids is 1. The molecule has 6 nitrogen and oxygen atoms in total. The van der Waals surface area contributed by atoms with Crippen LogP contribution >= 0.6 is 22.7 Å². The number of benzene rings is 2. The van der Waals surface area contributed by atoms with E-state index in [1.54, 1.807) is 11.5 Å². The zero-order valence-electron chi connectivity index (χ0n) is 18.0. The highest BCUT2D eigenvalue weighted by molar-refractivity contribution is 7.19. The molecule has 1 amide bonds. The Morgan fingerprint density at radius 2 is 1.91 bits per heavy atom. The third-order valence-electron chi connectivity index (χ3n) is 4.89. The van der Waals surface area contributed by atoms with E-state index < -0.39 is 23.5 Å². The number of para-hydroxylation sites is 1. The van der Waals surface area contributed by atoms with E-state index in [2.05, 4.69) is 9.97 Å². The van der Waals surface area contributed by atoms with Gasteiger partial charge in [-0.3, -0.25) is 14.5 Å². The van der Waals surface area contributed by atoms with Crippen molar-refractivity contribution in [2.75, 3.05) is 4.90 Å². The third kappa shape index (κ3) is 5.35. The summed E-state index contributed by atoms with van der Waals surface area (Å²) in [5.41, 5.74) is 2.10. The molecule has 0 atom stereocenters. The van der Waals surface area contributed by atoms with Crippen LogP contribution in [0.2, 0.25) is 0 Å². The molecule has 0 unspecified atom stereocenters. The Kier molecular flexibility index (Phi) is 7.09. The minimum atomic E-state index is -0.877. The van der Waals surface area contributed by atoms with Crippen LogP contribution in [0.3, 0.4) is 0 Å². The number of anilines is 2. The second kappa shape index (κ2) is 10.2. The summed E-state index contributed by atoms with van der Waals surface area (Å²) in [6.45, 7) is 1.28. The predicted octanol–water partition coefficient (Wildman–Crippen LogP) is 6.51. The van der Waals surface area contributed by atoms with Gasteiger partial charge in [0.2, 0.25) is 5.91 Å². The number of rotatable bonds is 8. The largest absolute Gasteiger partial charge is 0.481 e. The maximum Gasteiger partial charge on any atom is 0.303 e. The van der Waals surface area contributed by atoms with Gasteiger partial charge in [0.1, 0.15) is 16.6 Å². The first-order chi connectivity index (χ1) is 16.3. The van der Waals surface area contributed by atoms with Gasteiger partial charge < -0.3 is 5.11 Å². The Labute approximate surface area is 201 Å². The number of allylic oxidation sites excluding steroid dienone is 1. The van der Waals surface area contributed by atoms with Crippen molar-refractivity contribution in [3.63, 3.8) is 0 Å². The zero-order chi connectivity index (χ0) is 24.2. The fourth-order valence-electron chi connectivity index (χ4n) is 3.37. The van der Waals surface area contributed by atoms with Crippen molar-refractivity contribution in [2.45, 2.75) is 26.2 Å². The standard InChI is InChI=1S/C24H19F2N3O3S2/c1-14(30)29(20-10-9-16(25)12-18(20)26)24-27-17(13-33-24)11-15(5-4-8-22(31)32)23-28-19-6-2-3-7-21(19)34-23/h2-3,6-7,9-13H,4-5,8H2,1H3,(H,31,32)/b15-11+. The molecule has 4 aromatic rings. The van der Waals surface area contributed by atoms with E-state index in [-0.39, 0.29) is 17.2 Å². The van der Waals surface area contributed by atoms with Crippen molar-refractivity contribution in [2.24, 2.45) is 0 Å². The molecule has 0 fully saturated rings. The smallest absolute Gasteiger partial charge is 0.303 e. The topological polar surface area (TPSA) is 83.4 Å². The maximum absolute atomic E-state index is 14.4. The Morgan fingerprint density at radius 3 is 2.62 bits per heavy atom. The number of hydrogen-bond acceptors (Lipinski definition) is 6. The summed E-state index contributed by atoms with van der Waals surface area (Å²) in [6.07, 6.45) is 2.72. The van der Waals surface area contributed by atoms with Crippen LogP contribution in [0.15, 0.2) is 47.8 Å². The summed E-state index contributed by atoms with van der Waals surface area (Å²) in [5, 5.41) is 11.7. The number of carbonyl (C=O) groups is 2. The Balaban J connectivity index is 1.69. The van der Waals surface area contributed by atoms with Gasteiger partial charge in [-0.15, -0.1) is 22.7 Å². The lowest BCUT2D eigenvalue weighted by molar-refractivity contribution is -0.137. The average molecular weight is 500 g/mol. The molecule has 34 heavy (non-hydrogen) atoms. The molecule has 174 valence electrons. The van der Waals surface area contributed by atoms with E-state index in [1.807, 2.05) is 24.3 Å². The molecule has 2 aromatic heterocycles. The minimum Gasteiger partial charge on any atom is -0.481 e. The molecular formula is C24H19F2N3O3S2. The number of halogens is 2. The number of carbonyl (C=O) groups excluding carboxylic acids is 1. The molecule has 2 aromatic carbocycles. The first kappa shape index (κ1) is 23.7. The van der Waals surface area contributed by atoms with E-state index in [1.165, 1.54) is 24.3 Å². The van der Waals surface area contributed by atoms with Gasteiger partial charge in [0.25, 0.3) is 0 Å². The van der Waals surface area contributed by atoms with E-state index in [0.29, 0.717) is 24.6 Å². The second-order valence-electron chi connectivity index (χ2n) is 7.41. The van der Waals surface area contributed by atoms with Gasteiger partial charge in [0.05, 0.1) is 21.6 Å². The van der Waals surface area contributed by atoms with Gasteiger partial charge in [0, 0.05) is 24.8 Å². The van der Waals surface area contributed by atoms with Gasteiger partial charge >= 0.3 is 5.97 Å². The third-order valence-corrected chi connectivity index (χ3v) is 6.85. The molecule has 0 spiro atoms. The van der Waals surface area contributed by atoms with Crippen molar-refractivity contribution in [1.29, 1.82) is 0 Å². The average Bonchev–Trinajstić information content (AvgIpc) is 3.41. The van der Waals surface area contributed by atoms with Crippen LogP contribution in [0, 0.1) is 11.6 Å². The molecular weight excluding hydrogens is 480 g/mol. The highest BCUT2D eigenvalue weighted by Gasteiger charge is 2.22. The van der Waals surface area contributed by atoms with Crippen molar-refractivity contribution < 1.29 is 23.5 Å². The molecule has 1 N–H and O–H groups in total. The number of carboxylic acid groups (broad SMARTS) is 1. The second-order valence-corrected chi connectivity index (χ2v) is 9.28. The number of thiazole rings is 2. The SMILES string of the molecule is CC(=O)N(c1nc(/C=C(\CCCC(=O)O)c2nc3ccccc3s2)cs1)c1ccc(F)cc1F. The van der Waals surface area contributed by atoms with Crippen LogP contribution in [0.25, 0.3) is 21.9 Å². The summed E-state index contributed by atoms with van der Waals surface area (Å²) in [5.74, 6) is -2.96. The molecule has 0 bridgehead atoms. The van der Waals surface area contributed by atoms with Crippen molar-refractivity contribution in [3.8, 4) is 0 Å². The van der Waals surface area contributed by atoms with Crippen molar-refractivity contribution in [1.82, 2.24) is 9.97 Å². The lowest BCUT2D eigenvalue weighted by Crippen LogP contribution is -2.23. The first-order valence-electron chi connectivity index (χ1n) is 10.3. The quantitative estimate of drug-likeness (QED) is 0.299. The Bertz CT molecular complexity index is 1360. The molecule has 0 aliphatic heterocycles. The van der Waals surface area contributed by atoms with Crippen LogP contribution in [-0.2, 0) is 9.59 Å². The molecule has 10 heteroatoms. The molecule has 0 saturated carbocycles. The Hall–Kier alpha value is -3.50. The summed E-state index contributed by atoms with van der Waals surface area (Å²) in [4.78, 5) is 33.6. The maximum atomic E-state index is 14.4. The highest BCUT2D eigenvalue weighted by atomic mass is 32.1. The normalized spacial score (nSPS) is 11.7. The van der Waals surface area contributed by atoms with Crippen LogP contribution in [0.1, 0.15) is 36.9 Å². The number of amides is 1. The van der Waals surface area contributed by atoms with E-state index in [0.717, 1.165) is 43.1 Å². The number of aromatic nitrogens is 2. The van der Waals surface area contributed by atoms with E-state index in [9.17, 15) is 18.4 Å².